The van der Waals surface area contributed by atoms with Gasteiger partial charge in [0, 0.05) is 37.6 Å². The molecule has 0 saturated carbocycles. The molecular formula is C17H27N3O. The molecule has 4 nitrogen and oxygen atoms in total. The molecule has 1 aliphatic rings. The smallest absolute Gasteiger partial charge is 0.222 e. The molecule has 0 aliphatic carbocycles. The SMILES string of the molecule is CC(C)(N)CC(=O)NC1CCN(Cc2ccccc2)CC1. The van der Waals surface area contributed by atoms with Crippen LogP contribution in [0.2, 0.25) is 0 Å². The first-order valence-electron chi connectivity index (χ1n) is 7.77. The van der Waals surface area contributed by atoms with Crippen molar-refractivity contribution in [1.29, 1.82) is 0 Å². The molecule has 1 aromatic rings. The van der Waals surface area contributed by atoms with Gasteiger partial charge in [-0.25, -0.2) is 0 Å². The molecule has 1 saturated heterocycles. The number of rotatable bonds is 5. The Morgan fingerprint density at radius 2 is 1.90 bits per heavy atom. The van der Waals surface area contributed by atoms with Crippen molar-refractivity contribution in [2.75, 3.05) is 13.1 Å². The average molecular weight is 289 g/mol. The average Bonchev–Trinajstić information content (AvgIpc) is 2.40. The number of nitrogens with two attached hydrogens (primary N) is 1. The molecule has 1 fully saturated rings. The molecule has 3 N–H and O–H groups in total. The van der Waals surface area contributed by atoms with Gasteiger partial charge >= 0.3 is 0 Å². The van der Waals surface area contributed by atoms with Gasteiger partial charge in [0.25, 0.3) is 0 Å². The molecule has 0 aromatic heterocycles. The molecule has 0 radical (unpaired) electrons. The van der Waals surface area contributed by atoms with Gasteiger partial charge in [0.1, 0.15) is 0 Å². The largest absolute Gasteiger partial charge is 0.353 e. The lowest BCUT2D eigenvalue weighted by molar-refractivity contribution is -0.123. The van der Waals surface area contributed by atoms with Gasteiger partial charge < -0.3 is 11.1 Å². The van der Waals surface area contributed by atoms with Gasteiger partial charge in [-0.2, -0.15) is 0 Å². The van der Waals surface area contributed by atoms with Crippen molar-refractivity contribution in [3.8, 4) is 0 Å². The summed E-state index contributed by atoms with van der Waals surface area (Å²) in [5, 5.41) is 3.11. The van der Waals surface area contributed by atoms with E-state index in [0.29, 0.717) is 12.5 Å². The number of likely N-dealkylation sites (tertiary alicyclic amines) is 1. The maximum Gasteiger partial charge on any atom is 0.222 e. The first kappa shape index (κ1) is 16.0. The molecule has 2 rings (SSSR count). The highest BCUT2D eigenvalue weighted by molar-refractivity contribution is 5.77. The first-order valence-corrected chi connectivity index (χ1v) is 7.77. The van der Waals surface area contributed by atoms with E-state index in [1.54, 1.807) is 0 Å². The number of hydrogen-bond donors (Lipinski definition) is 2. The number of carbonyl (C=O) groups excluding carboxylic acids is 1. The molecule has 1 heterocycles. The number of benzene rings is 1. The van der Waals surface area contributed by atoms with Crippen molar-refractivity contribution in [3.63, 3.8) is 0 Å². The van der Waals surface area contributed by atoms with E-state index < -0.39 is 5.54 Å². The zero-order valence-corrected chi connectivity index (χ0v) is 13.1. The minimum atomic E-state index is -0.432. The van der Waals surface area contributed by atoms with E-state index in [1.807, 2.05) is 19.9 Å². The Hall–Kier alpha value is -1.39. The van der Waals surface area contributed by atoms with Gasteiger partial charge in [-0.1, -0.05) is 30.3 Å². The molecule has 0 atom stereocenters. The lowest BCUT2D eigenvalue weighted by Gasteiger charge is -2.33. The Bertz CT molecular complexity index is 445. The Morgan fingerprint density at radius 1 is 1.29 bits per heavy atom. The van der Waals surface area contributed by atoms with Crippen LogP contribution in [0.3, 0.4) is 0 Å². The third-order valence-corrected chi connectivity index (χ3v) is 3.82. The van der Waals surface area contributed by atoms with Crippen LogP contribution in [0.25, 0.3) is 0 Å². The molecule has 21 heavy (non-hydrogen) atoms. The molecule has 116 valence electrons. The Balaban J connectivity index is 1.72. The van der Waals surface area contributed by atoms with Crippen LogP contribution in [0.1, 0.15) is 38.7 Å². The number of piperidine rings is 1. The van der Waals surface area contributed by atoms with E-state index >= 15 is 0 Å². The summed E-state index contributed by atoms with van der Waals surface area (Å²) in [6.45, 7) is 6.83. The first-order chi connectivity index (χ1) is 9.92. The number of carbonyl (C=O) groups is 1. The predicted molar refractivity (Wildman–Crippen MR) is 85.8 cm³/mol. The highest BCUT2D eigenvalue weighted by Crippen LogP contribution is 2.14. The van der Waals surface area contributed by atoms with Crippen molar-refractivity contribution in [2.24, 2.45) is 5.73 Å². The van der Waals surface area contributed by atoms with Gasteiger partial charge in [0.15, 0.2) is 0 Å². The van der Waals surface area contributed by atoms with E-state index in [4.69, 9.17) is 5.73 Å². The molecule has 1 aromatic carbocycles. The predicted octanol–water partition coefficient (Wildman–Crippen LogP) is 1.89. The van der Waals surface area contributed by atoms with Crippen molar-refractivity contribution in [1.82, 2.24) is 10.2 Å². The third kappa shape index (κ3) is 5.86. The van der Waals surface area contributed by atoms with Crippen LogP contribution in [0.5, 0.6) is 0 Å². The molecule has 0 unspecified atom stereocenters. The zero-order chi connectivity index (χ0) is 15.3. The van der Waals surface area contributed by atoms with Crippen molar-refractivity contribution in [2.45, 2.75) is 51.2 Å². The molecule has 4 heteroatoms. The highest BCUT2D eigenvalue weighted by atomic mass is 16.1. The van der Waals surface area contributed by atoms with Crippen LogP contribution < -0.4 is 11.1 Å². The van der Waals surface area contributed by atoms with Gasteiger partial charge in [0.05, 0.1) is 0 Å². The van der Waals surface area contributed by atoms with Crippen LogP contribution in [0, 0.1) is 0 Å². The van der Waals surface area contributed by atoms with Gasteiger partial charge in [-0.15, -0.1) is 0 Å². The van der Waals surface area contributed by atoms with Crippen molar-refractivity contribution >= 4 is 5.91 Å². The summed E-state index contributed by atoms with van der Waals surface area (Å²) < 4.78 is 0. The van der Waals surface area contributed by atoms with Crippen LogP contribution >= 0.6 is 0 Å². The van der Waals surface area contributed by atoms with Crippen molar-refractivity contribution in [3.05, 3.63) is 35.9 Å². The van der Waals surface area contributed by atoms with Gasteiger partial charge in [0.2, 0.25) is 5.91 Å². The summed E-state index contributed by atoms with van der Waals surface area (Å²) >= 11 is 0. The number of nitrogens with zero attached hydrogens (tertiary/aromatic N) is 1. The van der Waals surface area contributed by atoms with Crippen LogP contribution in [0.4, 0.5) is 0 Å². The van der Waals surface area contributed by atoms with E-state index in [0.717, 1.165) is 32.5 Å². The number of nitrogens with one attached hydrogen (secondary N) is 1. The Kier molecular flexibility index (Phi) is 5.37. The molecular weight excluding hydrogens is 262 g/mol. The number of amides is 1. The summed E-state index contributed by atoms with van der Waals surface area (Å²) in [5.41, 5.74) is 6.80. The summed E-state index contributed by atoms with van der Waals surface area (Å²) in [6, 6.07) is 10.8. The Labute approximate surface area is 127 Å². The summed E-state index contributed by atoms with van der Waals surface area (Å²) in [7, 11) is 0. The fourth-order valence-corrected chi connectivity index (χ4v) is 2.77. The van der Waals surface area contributed by atoms with Gasteiger partial charge in [-0.3, -0.25) is 9.69 Å². The minimum absolute atomic E-state index is 0.0732. The fourth-order valence-electron chi connectivity index (χ4n) is 2.77. The summed E-state index contributed by atoms with van der Waals surface area (Å²) in [6.07, 6.45) is 2.42. The summed E-state index contributed by atoms with van der Waals surface area (Å²) in [5.74, 6) is 0.0732. The maximum atomic E-state index is 11.9. The van der Waals surface area contributed by atoms with E-state index in [1.165, 1.54) is 5.56 Å². The lowest BCUT2D eigenvalue weighted by atomic mass is 10.00. The highest BCUT2D eigenvalue weighted by Gasteiger charge is 2.23. The monoisotopic (exact) mass is 289 g/mol. The molecule has 1 aliphatic heterocycles. The second kappa shape index (κ2) is 7.05. The van der Waals surface area contributed by atoms with E-state index in [9.17, 15) is 4.79 Å². The molecule has 0 bridgehead atoms. The molecule has 1 amide bonds. The second-order valence-electron chi connectivity index (χ2n) is 6.77. The fraction of sp³-hybridized carbons (Fsp3) is 0.588. The van der Waals surface area contributed by atoms with Gasteiger partial charge in [-0.05, 0) is 32.3 Å². The maximum absolute atomic E-state index is 11.9. The van der Waals surface area contributed by atoms with E-state index in [-0.39, 0.29) is 5.91 Å². The van der Waals surface area contributed by atoms with Crippen LogP contribution in [0.15, 0.2) is 30.3 Å². The third-order valence-electron chi connectivity index (χ3n) is 3.82. The minimum Gasteiger partial charge on any atom is -0.353 e. The quantitative estimate of drug-likeness (QED) is 0.870. The topological polar surface area (TPSA) is 58.4 Å². The lowest BCUT2D eigenvalue weighted by Crippen LogP contribution is -2.47. The van der Waals surface area contributed by atoms with Crippen molar-refractivity contribution < 1.29 is 4.79 Å². The van der Waals surface area contributed by atoms with Crippen LogP contribution in [-0.4, -0.2) is 35.5 Å². The zero-order valence-electron chi connectivity index (χ0n) is 13.1. The second-order valence-corrected chi connectivity index (χ2v) is 6.77. The molecule has 0 spiro atoms. The van der Waals surface area contributed by atoms with E-state index in [2.05, 4.69) is 34.5 Å². The standard InChI is InChI=1S/C17H27N3O/c1-17(2,18)12-16(21)19-15-8-10-20(11-9-15)13-14-6-4-3-5-7-14/h3-7,15H,8-13,18H2,1-2H3,(H,19,21). The number of hydrogen-bond acceptors (Lipinski definition) is 3. The normalized spacial score (nSPS) is 17.7. The summed E-state index contributed by atoms with van der Waals surface area (Å²) in [4.78, 5) is 14.3. The Morgan fingerprint density at radius 3 is 2.48 bits per heavy atom. The van der Waals surface area contributed by atoms with Crippen LogP contribution in [-0.2, 0) is 11.3 Å².